The molecule has 3 N–H and O–H groups in total. The van der Waals surface area contributed by atoms with Crippen molar-refractivity contribution in [2.24, 2.45) is 5.73 Å². The van der Waals surface area contributed by atoms with Gasteiger partial charge < -0.3 is 11.1 Å². The van der Waals surface area contributed by atoms with Gasteiger partial charge in [0.15, 0.2) is 0 Å². The highest BCUT2D eigenvalue weighted by Crippen LogP contribution is 2.30. The Morgan fingerprint density at radius 2 is 1.77 bits per heavy atom. The van der Waals surface area contributed by atoms with Crippen LogP contribution in [0.3, 0.4) is 0 Å². The van der Waals surface area contributed by atoms with Gasteiger partial charge in [-0.3, -0.25) is 4.79 Å². The third-order valence-corrected chi connectivity index (χ3v) is 3.09. The molecular formula is C16H15F3N2O. The summed E-state index contributed by atoms with van der Waals surface area (Å²) in [6.45, 7) is 0. The zero-order valence-corrected chi connectivity index (χ0v) is 11.6. The summed E-state index contributed by atoms with van der Waals surface area (Å²) in [6.07, 6.45) is -4.14. The molecule has 0 bridgehead atoms. The highest BCUT2D eigenvalue weighted by Gasteiger charge is 2.30. The number of carbonyl (C=O) groups excluding carboxylic acids is 1. The highest BCUT2D eigenvalue weighted by atomic mass is 19.4. The first-order valence-corrected chi connectivity index (χ1v) is 6.64. The lowest BCUT2D eigenvalue weighted by Crippen LogP contribution is -2.37. The topological polar surface area (TPSA) is 55.1 Å². The SMILES string of the molecule is N[C@H](Cc1ccccc1)C(=O)Nc1cccc(C(F)(F)F)c1. The summed E-state index contributed by atoms with van der Waals surface area (Å²) in [5.74, 6) is -0.525. The van der Waals surface area contributed by atoms with Crippen molar-refractivity contribution in [3.8, 4) is 0 Å². The molecule has 0 aromatic heterocycles. The second-order valence-electron chi connectivity index (χ2n) is 4.86. The summed E-state index contributed by atoms with van der Waals surface area (Å²) in [6, 6.07) is 12.8. The van der Waals surface area contributed by atoms with Crippen molar-refractivity contribution in [2.75, 3.05) is 5.32 Å². The highest BCUT2D eigenvalue weighted by molar-refractivity contribution is 5.94. The first kappa shape index (κ1) is 16.0. The Hall–Kier alpha value is -2.34. The number of alkyl halides is 3. The predicted octanol–water partition coefficient (Wildman–Crippen LogP) is 3.21. The summed E-state index contributed by atoms with van der Waals surface area (Å²) < 4.78 is 37.8. The number of nitrogens with two attached hydrogens (primary N) is 1. The number of anilines is 1. The molecule has 22 heavy (non-hydrogen) atoms. The minimum Gasteiger partial charge on any atom is -0.325 e. The van der Waals surface area contributed by atoms with Crippen LogP contribution in [0.4, 0.5) is 18.9 Å². The van der Waals surface area contributed by atoms with Crippen molar-refractivity contribution in [1.82, 2.24) is 0 Å². The molecule has 1 atom stereocenters. The van der Waals surface area contributed by atoms with E-state index in [0.717, 1.165) is 17.7 Å². The Kier molecular flexibility index (Phi) is 4.82. The molecule has 0 aliphatic heterocycles. The largest absolute Gasteiger partial charge is 0.416 e. The Morgan fingerprint density at radius 3 is 2.41 bits per heavy atom. The fourth-order valence-electron chi connectivity index (χ4n) is 1.97. The number of nitrogens with one attached hydrogen (secondary N) is 1. The van der Waals surface area contributed by atoms with E-state index in [1.54, 1.807) is 0 Å². The molecule has 0 heterocycles. The summed E-state index contributed by atoms with van der Waals surface area (Å²) in [5, 5.41) is 2.41. The van der Waals surface area contributed by atoms with Gasteiger partial charge in [0.05, 0.1) is 11.6 Å². The first-order valence-electron chi connectivity index (χ1n) is 6.64. The number of hydrogen-bond acceptors (Lipinski definition) is 2. The van der Waals surface area contributed by atoms with Crippen LogP contribution in [-0.4, -0.2) is 11.9 Å². The Bertz CT molecular complexity index is 641. The van der Waals surface area contributed by atoms with E-state index in [2.05, 4.69) is 5.32 Å². The third-order valence-electron chi connectivity index (χ3n) is 3.09. The van der Waals surface area contributed by atoms with Crippen LogP contribution in [0.5, 0.6) is 0 Å². The molecule has 0 aliphatic rings. The lowest BCUT2D eigenvalue weighted by atomic mass is 10.1. The first-order chi connectivity index (χ1) is 10.4. The maximum atomic E-state index is 12.6. The predicted molar refractivity (Wildman–Crippen MR) is 78.2 cm³/mol. The molecule has 2 aromatic carbocycles. The lowest BCUT2D eigenvalue weighted by molar-refractivity contribution is -0.137. The van der Waals surface area contributed by atoms with Gasteiger partial charge in [0, 0.05) is 5.69 Å². The fourth-order valence-corrected chi connectivity index (χ4v) is 1.97. The maximum absolute atomic E-state index is 12.6. The molecule has 0 radical (unpaired) electrons. The van der Waals surface area contributed by atoms with Crippen LogP contribution in [0, 0.1) is 0 Å². The quantitative estimate of drug-likeness (QED) is 0.911. The number of hydrogen-bond donors (Lipinski definition) is 2. The van der Waals surface area contributed by atoms with Gasteiger partial charge in [-0.2, -0.15) is 13.2 Å². The normalized spacial score (nSPS) is 12.7. The third kappa shape index (κ3) is 4.33. The van der Waals surface area contributed by atoms with Crippen molar-refractivity contribution in [2.45, 2.75) is 18.6 Å². The van der Waals surface area contributed by atoms with Crippen molar-refractivity contribution < 1.29 is 18.0 Å². The molecule has 0 saturated carbocycles. The van der Waals surface area contributed by atoms with Crippen LogP contribution in [0.25, 0.3) is 0 Å². The minimum absolute atomic E-state index is 0.0725. The molecule has 116 valence electrons. The molecule has 0 unspecified atom stereocenters. The molecule has 1 amide bonds. The van der Waals surface area contributed by atoms with Gasteiger partial charge in [-0.1, -0.05) is 36.4 Å². The molecule has 0 spiro atoms. The van der Waals surface area contributed by atoms with Gasteiger partial charge in [-0.05, 0) is 30.2 Å². The number of rotatable bonds is 4. The Labute approximate surface area is 125 Å². The molecule has 3 nitrogen and oxygen atoms in total. The molecule has 0 fully saturated rings. The lowest BCUT2D eigenvalue weighted by Gasteiger charge is -2.14. The van der Waals surface area contributed by atoms with Crippen molar-refractivity contribution in [1.29, 1.82) is 0 Å². The van der Waals surface area contributed by atoms with E-state index in [0.29, 0.717) is 6.42 Å². The smallest absolute Gasteiger partial charge is 0.325 e. The molecule has 2 aromatic rings. The van der Waals surface area contributed by atoms with Crippen LogP contribution in [0.1, 0.15) is 11.1 Å². The van der Waals surface area contributed by atoms with E-state index in [4.69, 9.17) is 5.73 Å². The summed E-state index contributed by atoms with van der Waals surface area (Å²) in [7, 11) is 0. The van der Waals surface area contributed by atoms with Crippen LogP contribution < -0.4 is 11.1 Å². The number of amides is 1. The van der Waals surface area contributed by atoms with Crippen molar-refractivity contribution >= 4 is 11.6 Å². The van der Waals surface area contributed by atoms with Gasteiger partial charge in [-0.25, -0.2) is 0 Å². The zero-order chi connectivity index (χ0) is 16.2. The van der Waals surface area contributed by atoms with E-state index in [9.17, 15) is 18.0 Å². The maximum Gasteiger partial charge on any atom is 0.416 e. The van der Waals surface area contributed by atoms with E-state index in [1.807, 2.05) is 30.3 Å². The average Bonchev–Trinajstić information content (AvgIpc) is 2.47. The zero-order valence-electron chi connectivity index (χ0n) is 11.6. The molecule has 6 heteroatoms. The van der Waals surface area contributed by atoms with Gasteiger partial charge in [0.1, 0.15) is 0 Å². The molecule has 2 rings (SSSR count). The fraction of sp³-hybridized carbons (Fsp3) is 0.188. The van der Waals surface area contributed by atoms with Crippen LogP contribution >= 0.6 is 0 Å². The van der Waals surface area contributed by atoms with Crippen molar-refractivity contribution in [3.05, 3.63) is 65.7 Å². The standard InChI is InChI=1S/C16H15F3N2O/c17-16(18,19)12-7-4-8-13(10-12)21-15(22)14(20)9-11-5-2-1-3-6-11/h1-8,10,14H,9,20H2,(H,21,22)/t14-/m1/s1. The summed E-state index contributed by atoms with van der Waals surface area (Å²) in [4.78, 5) is 12.0. The average molecular weight is 308 g/mol. The second-order valence-corrected chi connectivity index (χ2v) is 4.86. The van der Waals surface area contributed by atoms with Gasteiger partial charge >= 0.3 is 6.18 Å². The van der Waals surface area contributed by atoms with Crippen LogP contribution in [0.2, 0.25) is 0 Å². The number of carbonyl (C=O) groups is 1. The van der Waals surface area contributed by atoms with Crippen molar-refractivity contribution in [3.63, 3.8) is 0 Å². The number of halogens is 3. The Balaban J connectivity index is 2.02. The van der Waals surface area contributed by atoms with Gasteiger partial charge in [0.2, 0.25) is 5.91 Å². The second kappa shape index (κ2) is 6.62. The molecular weight excluding hydrogens is 293 g/mol. The van der Waals surface area contributed by atoms with Crippen LogP contribution in [-0.2, 0) is 17.4 Å². The monoisotopic (exact) mass is 308 g/mol. The van der Waals surface area contributed by atoms with Crippen LogP contribution in [0.15, 0.2) is 54.6 Å². The van der Waals surface area contributed by atoms with Gasteiger partial charge in [-0.15, -0.1) is 0 Å². The Morgan fingerprint density at radius 1 is 1.09 bits per heavy atom. The molecule has 0 aliphatic carbocycles. The summed E-state index contributed by atoms with van der Waals surface area (Å²) >= 11 is 0. The minimum atomic E-state index is -4.45. The van der Waals surface area contributed by atoms with E-state index >= 15 is 0 Å². The van der Waals surface area contributed by atoms with E-state index in [-0.39, 0.29) is 5.69 Å². The van der Waals surface area contributed by atoms with E-state index in [1.165, 1.54) is 12.1 Å². The number of benzene rings is 2. The van der Waals surface area contributed by atoms with E-state index < -0.39 is 23.7 Å². The summed E-state index contributed by atoms with van der Waals surface area (Å²) in [5.41, 5.74) is 5.93. The molecule has 0 saturated heterocycles. The van der Waals surface area contributed by atoms with Gasteiger partial charge in [0.25, 0.3) is 0 Å².